The minimum atomic E-state index is -0.511. The van der Waals surface area contributed by atoms with Crippen LogP contribution in [0.1, 0.15) is 20.8 Å². The van der Waals surface area contributed by atoms with Crippen molar-refractivity contribution in [2.45, 2.75) is 26.4 Å². The highest BCUT2D eigenvalue weighted by atomic mass is 127. The Hall–Kier alpha value is -2.09. The standard InChI is InChI=1S/C19H19IN2O3/c1-19(2,3)25-17(23)12-24-14-10-8-13(9-11-14)22-16-7-5-4-6-15(16)18(20)21-22/h4-11H,12H2,1-3H3. The van der Waals surface area contributed by atoms with Crippen LogP contribution < -0.4 is 4.74 Å². The van der Waals surface area contributed by atoms with Crippen LogP contribution in [0, 0.1) is 3.70 Å². The fourth-order valence-corrected chi connectivity index (χ4v) is 3.09. The highest BCUT2D eigenvalue weighted by Crippen LogP contribution is 2.24. The van der Waals surface area contributed by atoms with Crippen LogP contribution in [-0.4, -0.2) is 28.0 Å². The van der Waals surface area contributed by atoms with Crippen LogP contribution in [0.3, 0.4) is 0 Å². The van der Waals surface area contributed by atoms with Gasteiger partial charge in [-0.3, -0.25) is 0 Å². The van der Waals surface area contributed by atoms with Gasteiger partial charge < -0.3 is 9.47 Å². The number of carbonyl (C=O) groups excluding carboxylic acids is 1. The van der Waals surface area contributed by atoms with Crippen LogP contribution >= 0.6 is 22.6 Å². The molecule has 2 aromatic carbocycles. The molecule has 0 spiro atoms. The Labute approximate surface area is 160 Å². The number of ether oxygens (including phenoxy) is 2. The number of hydrogen-bond donors (Lipinski definition) is 0. The number of esters is 1. The molecular formula is C19H19IN2O3. The molecule has 6 heteroatoms. The maximum atomic E-state index is 11.7. The molecule has 0 aliphatic rings. The summed E-state index contributed by atoms with van der Waals surface area (Å²) in [6.07, 6.45) is 0. The summed E-state index contributed by atoms with van der Waals surface area (Å²) in [5, 5.41) is 5.71. The lowest BCUT2D eigenvalue weighted by atomic mass is 10.2. The maximum Gasteiger partial charge on any atom is 0.344 e. The smallest absolute Gasteiger partial charge is 0.344 e. The molecule has 3 rings (SSSR count). The summed E-state index contributed by atoms with van der Waals surface area (Å²) in [6.45, 7) is 5.37. The molecule has 0 radical (unpaired) electrons. The molecule has 130 valence electrons. The first-order chi connectivity index (χ1) is 11.8. The zero-order valence-electron chi connectivity index (χ0n) is 14.3. The van der Waals surface area contributed by atoms with Gasteiger partial charge in [0.2, 0.25) is 0 Å². The number of hydrogen-bond acceptors (Lipinski definition) is 4. The van der Waals surface area contributed by atoms with Crippen molar-refractivity contribution in [1.82, 2.24) is 9.78 Å². The fraction of sp³-hybridized carbons (Fsp3) is 0.263. The predicted molar refractivity (Wildman–Crippen MR) is 105 cm³/mol. The quantitative estimate of drug-likeness (QED) is 0.438. The topological polar surface area (TPSA) is 53.4 Å². The number of rotatable bonds is 4. The number of para-hydroxylation sites is 1. The van der Waals surface area contributed by atoms with E-state index in [2.05, 4.69) is 33.8 Å². The Morgan fingerprint density at radius 3 is 2.48 bits per heavy atom. The van der Waals surface area contributed by atoms with E-state index in [9.17, 15) is 4.79 Å². The Bertz CT molecular complexity index is 895. The molecule has 0 fully saturated rings. The summed E-state index contributed by atoms with van der Waals surface area (Å²) in [7, 11) is 0. The molecule has 0 atom stereocenters. The summed E-state index contributed by atoms with van der Waals surface area (Å²) in [4.78, 5) is 11.7. The van der Waals surface area contributed by atoms with Crippen LogP contribution in [0.5, 0.6) is 5.75 Å². The molecule has 0 aliphatic carbocycles. The molecular weight excluding hydrogens is 431 g/mol. The van der Waals surface area contributed by atoms with Crippen LogP contribution in [0.2, 0.25) is 0 Å². The van der Waals surface area contributed by atoms with Gasteiger partial charge in [-0.25, -0.2) is 9.48 Å². The van der Waals surface area contributed by atoms with Crippen molar-refractivity contribution in [3.63, 3.8) is 0 Å². The summed E-state index contributed by atoms with van der Waals surface area (Å²) in [6, 6.07) is 15.6. The Morgan fingerprint density at radius 1 is 1.12 bits per heavy atom. The lowest BCUT2D eigenvalue weighted by Crippen LogP contribution is -2.27. The van der Waals surface area contributed by atoms with E-state index in [1.54, 1.807) is 0 Å². The van der Waals surface area contributed by atoms with Gasteiger partial charge in [-0.05, 0) is 73.7 Å². The minimum Gasteiger partial charge on any atom is -0.482 e. The number of halogens is 1. The van der Waals surface area contributed by atoms with Crippen LogP contribution in [0.25, 0.3) is 16.6 Å². The number of carbonyl (C=O) groups is 1. The lowest BCUT2D eigenvalue weighted by Gasteiger charge is -2.19. The van der Waals surface area contributed by atoms with Gasteiger partial charge in [0.1, 0.15) is 15.1 Å². The van der Waals surface area contributed by atoms with Gasteiger partial charge in [-0.1, -0.05) is 18.2 Å². The Kier molecular flexibility index (Phi) is 4.99. The first-order valence-corrected chi connectivity index (χ1v) is 9.00. The van der Waals surface area contributed by atoms with Gasteiger partial charge in [-0.2, -0.15) is 5.10 Å². The number of benzene rings is 2. The molecule has 1 aromatic heterocycles. The van der Waals surface area contributed by atoms with Crippen molar-refractivity contribution in [2.24, 2.45) is 0 Å². The summed E-state index contributed by atoms with van der Waals surface area (Å²) >= 11 is 2.24. The molecule has 0 unspecified atom stereocenters. The zero-order valence-corrected chi connectivity index (χ0v) is 16.5. The summed E-state index contributed by atoms with van der Waals surface area (Å²) < 4.78 is 13.6. The number of fused-ring (bicyclic) bond motifs is 1. The normalized spacial score (nSPS) is 11.5. The van der Waals surface area contributed by atoms with E-state index in [0.29, 0.717) is 5.75 Å². The van der Waals surface area contributed by atoms with Gasteiger partial charge in [-0.15, -0.1) is 0 Å². The van der Waals surface area contributed by atoms with Crippen LogP contribution in [0.15, 0.2) is 48.5 Å². The Morgan fingerprint density at radius 2 is 1.80 bits per heavy atom. The second-order valence-corrected chi connectivity index (χ2v) is 7.61. The van der Waals surface area contributed by atoms with E-state index in [0.717, 1.165) is 20.3 Å². The van der Waals surface area contributed by atoms with E-state index in [1.165, 1.54) is 0 Å². The van der Waals surface area contributed by atoms with Crippen LogP contribution in [0.4, 0.5) is 0 Å². The number of aromatic nitrogens is 2. The maximum absolute atomic E-state index is 11.7. The third-order valence-corrected chi connectivity index (χ3v) is 4.20. The average Bonchev–Trinajstić information content (AvgIpc) is 2.89. The first-order valence-electron chi connectivity index (χ1n) is 7.92. The van der Waals surface area contributed by atoms with E-state index < -0.39 is 5.60 Å². The molecule has 25 heavy (non-hydrogen) atoms. The minimum absolute atomic E-state index is 0.112. The molecule has 0 aliphatic heterocycles. The van der Waals surface area contributed by atoms with Gasteiger partial charge in [0.15, 0.2) is 6.61 Å². The monoisotopic (exact) mass is 450 g/mol. The largest absolute Gasteiger partial charge is 0.482 e. The molecule has 0 bridgehead atoms. The van der Waals surface area contributed by atoms with Gasteiger partial charge in [0.05, 0.1) is 11.2 Å². The average molecular weight is 450 g/mol. The van der Waals surface area contributed by atoms with Gasteiger partial charge >= 0.3 is 5.97 Å². The Balaban J connectivity index is 1.73. The molecule has 5 nitrogen and oxygen atoms in total. The SMILES string of the molecule is CC(C)(C)OC(=O)COc1ccc(-n2nc(I)c3ccccc32)cc1. The molecule has 0 amide bonds. The van der Waals surface area contributed by atoms with Crippen molar-refractivity contribution >= 4 is 39.5 Å². The molecule has 1 heterocycles. The predicted octanol–water partition coefficient (Wildman–Crippen LogP) is 4.35. The molecule has 3 aromatic rings. The van der Waals surface area contributed by atoms with E-state index in [1.807, 2.05) is 67.9 Å². The van der Waals surface area contributed by atoms with Crippen molar-refractivity contribution in [1.29, 1.82) is 0 Å². The second-order valence-electron chi connectivity index (χ2n) is 6.59. The third-order valence-electron chi connectivity index (χ3n) is 3.40. The van der Waals surface area contributed by atoms with Gasteiger partial charge in [0.25, 0.3) is 0 Å². The fourth-order valence-electron chi connectivity index (χ4n) is 2.42. The first kappa shape index (κ1) is 17.7. The second kappa shape index (κ2) is 7.03. The van der Waals surface area contributed by atoms with Crippen molar-refractivity contribution < 1.29 is 14.3 Å². The zero-order chi connectivity index (χ0) is 18.0. The lowest BCUT2D eigenvalue weighted by molar-refractivity contribution is -0.157. The van der Waals surface area contributed by atoms with Crippen LogP contribution in [-0.2, 0) is 9.53 Å². The van der Waals surface area contributed by atoms with Crippen molar-refractivity contribution in [3.8, 4) is 11.4 Å². The van der Waals surface area contributed by atoms with Gasteiger partial charge in [0, 0.05) is 5.39 Å². The molecule has 0 saturated carbocycles. The summed E-state index contributed by atoms with van der Waals surface area (Å²) in [5.41, 5.74) is 1.47. The van der Waals surface area contributed by atoms with E-state index in [4.69, 9.17) is 9.47 Å². The molecule has 0 N–H and O–H groups in total. The van der Waals surface area contributed by atoms with E-state index in [-0.39, 0.29) is 12.6 Å². The van der Waals surface area contributed by atoms with Crippen molar-refractivity contribution in [2.75, 3.05) is 6.61 Å². The highest BCUT2D eigenvalue weighted by Gasteiger charge is 2.16. The highest BCUT2D eigenvalue weighted by molar-refractivity contribution is 14.1. The summed E-state index contributed by atoms with van der Waals surface area (Å²) in [5.74, 6) is 0.227. The third kappa shape index (κ3) is 4.31. The number of nitrogens with zero attached hydrogens (tertiary/aromatic N) is 2. The van der Waals surface area contributed by atoms with E-state index >= 15 is 0 Å². The van der Waals surface area contributed by atoms with Crippen molar-refractivity contribution in [3.05, 3.63) is 52.2 Å². The molecule has 0 saturated heterocycles.